The van der Waals surface area contributed by atoms with Crippen molar-refractivity contribution in [3.63, 3.8) is 0 Å². The highest BCUT2D eigenvalue weighted by Crippen LogP contribution is 2.36. The zero-order chi connectivity index (χ0) is 20.7. The number of amides is 1. The number of nitrogens with zero attached hydrogens (tertiary/aromatic N) is 1. The fourth-order valence-corrected chi connectivity index (χ4v) is 4.89. The number of carbonyl (C=O) groups excluding carboxylic acids is 1. The second kappa shape index (κ2) is 7.83. The molecule has 7 nitrogen and oxygen atoms in total. The van der Waals surface area contributed by atoms with E-state index in [4.69, 9.17) is 9.47 Å². The standard InChI is InChI=1S/C22H22BrN3O4/c23-16-2-1-3-17-20(16)25-22(28)26(17)15-7-4-13(5-8-15)21(27)24-14-6-9-18-19(12-14)30-11-10-29-18/h1-3,6,9,12-13,15H,4-5,7-8,10-11H2,(H,24,27)(H,25,28)/t13-,15+. The van der Waals surface area contributed by atoms with Crippen molar-refractivity contribution in [2.75, 3.05) is 18.5 Å². The highest BCUT2D eigenvalue weighted by molar-refractivity contribution is 9.10. The van der Waals surface area contributed by atoms with Crippen LogP contribution in [-0.2, 0) is 4.79 Å². The Hall–Kier alpha value is -2.74. The molecule has 0 bridgehead atoms. The number of aromatic amines is 1. The maximum absolute atomic E-state index is 12.8. The number of hydrogen-bond acceptors (Lipinski definition) is 4. The monoisotopic (exact) mass is 471 g/mol. The molecule has 1 saturated carbocycles. The molecular weight excluding hydrogens is 450 g/mol. The number of ether oxygens (including phenoxy) is 2. The lowest BCUT2D eigenvalue weighted by atomic mass is 9.85. The lowest BCUT2D eigenvalue weighted by Gasteiger charge is -2.28. The zero-order valence-corrected chi connectivity index (χ0v) is 17.9. The quantitative estimate of drug-likeness (QED) is 0.598. The number of hydrogen-bond donors (Lipinski definition) is 2. The van der Waals surface area contributed by atoms with E-state index in [-0.39, 0.29) is 23.6 Å². The fraction of sp³-hybridized carbons (Fsp3) is 0.364. The molecule has 3 aromatic rings. The first-order valence-corrected chi connectivity index (χ1v) is 11.0. The molecule has 1 aliphatic heterocycles. The Morgan fingerprint density at radius 1 is 1.07 bits per heavy atom. The van der Waals surface area contributed by atoms with Crippen LogP contribution < -0.4 is 20.5 Å². The number of imidazole rings is 1. The van der Waals surface area contributed by atoms with Crippen LogP contribution in [-0.4, -0.2) is 28.7 Å². The molecule has 5 rings (SSSR count). The molecule has 8 heteroatoms. The number of nitrogens with one attached hydrogen (secondary N) is 2. The van der Waals surface area contributed by atoms with Gasteiger partial charge in [0.05, 0.1) is 11.0 Å². The van der Waals surface area contributed by atoms with E-state index in [0.29, 0.717) is 30.4 Å². The van der Waals surface area contributed by atoms with Crippen molar-refractivity contribution in [1.29, 1.82) is 0 Å². The van der Waals surface area contributed by atoms with Gasteiger partial charge in [0.25, 0.3) is 0 Å². The van der Waals surface area contributed by atoms with Gasteiger partial charge in [-0.25, -0.2) is 4.79 Å². The van der Waals surface area contributed by atoms with E-state index in [2.05, 4.69) is 26.2 Å². The van der Waals surface area contributed by atoms with Gasteiger partial charge in [-0.05, 0) is 65.9 Å². The lowest BCUT2D eigenvalue weighted by Crippen LogP contribution is -2.31. The van der Waals surface area contributed by atoms with Crippen molar-refractivity contribution in [2.24, 2.45) is 5.92 Å². The van der Waals surface area contributed by atoms with Gasteiger partial charge in [0.1, 0.15) is 13.2 Å². The molecular formula is C22H22BrN3O4. The molecule has 0 radical (unpaired) electrons. The summed E-state index contributed by atoms with van der Waals surface area (Å²) < 4.78 is 13.8. The molecule has 1 fully saturated rings. The van der Waals surface area contributed by atoms with Gasteiger partial charge < -0.3 is 19.8 Å². The summed E-state index contributed by atoms with van der Waals surface area (Å²) in [5.41, 5.74) is 2.34. The Morgan fingerprint density at radius 3 is 2.63 bits per heavy atom. The van der Waals surface area contributed by atoms with Crippen molar-refractivity contribution < 1.29 is 14.3 Å². The number of halogens is 1. The summed E-state index contributed by atoms with van der Waals surface area (Å²) in [7, 11) is 0. The molecule has 1 aromatic heterocycles. The van der Waals surface area contributed by atoms with E-state index in [1.165, 1.54) is 0 Å². The van der Waals surface area contributed by atoms with Crippen LogP contribution in [0.4, 0.5) is 5.69 Å². The van der Waals surface area contributed by atoms with Gasteiger partial charge in [0.2, 0.25) is 5.91 Å². The third kappa shape index (κ3) is 3.49. The third-order valence-corrected chi connectivity index (χ3v) is 6.61. The van der Waals surface area contributed by atoms with Crippen molar-refractivity contribution in [3.8, 4) is 11.5 Å². The van der Waals surface area contributed by atoms with Crippen LogP contribution in [0.1, 0.15) is 31.7 Å². The van der Waals surface area contributed by atoms with Crippen molar-refractivity contribution in [2.45, 2.75) is 31.7 Å². The highest BCUT2D eigenvalue weighted by atomic mass is 79.9. The number of H-pyrrole nitrogens is 1. The molecule has 1 aliphatic carbocycles. The smallest absolute Gasteiger partial charge is 0.326 e. The summed E-state index contributed by atoms with van der Waals surface area (Å²) in [6.45, 7) is 1.05. The average molecular weight is 472 g/mol. The zero-order valence-electron chi connectivity index (χ0n) is 16.3. The van der Waals surface area contributed by atoms with Gasteiger partial charge in [-0.3, -0.25) is 9.36 Å². The van der Waals surface area contributed by atoms with Crippen molar-refractivity contribution >= 4 is 38.6 Å². The first-order valence-electron chi connectivity index (χ1n) is 10.2. The Bertz CT molecular complexity index is 1160. The summed E-state index contributed by atoms with van der Waals surface area (Å²) in [6, 6.07) is 11.4. The molecule has 156 valence electrons. The maximum Gasteiger partial charge on any atom is 0.326 e. The van der Waals surface area contributed by atoms with Crippen LogP contribution in [0.25, 0.3) is 11.0 Å². The number of para-hydroxylation sites is 1. The molecule has 0 unspecified atom stereocenters. The summed E-state index contributed by atoms with van der Waals surface area (Å²) in [6.07, 6.45) is 3.07. The summed E-state index contributed by atoms with van der Waals surface area (Å²) in [5, 5.41) is 3.00. The maximum atomic E-state index is 12.8. The minimum atomic E-state index is -0.0962. The number of fused-ring (bicyclic) bond motifs is 2. The average Bonchev–Trinajstić information content (AvgIpc) is 3.11. The Kier molecular flexibility index (Phi) is 5.02. The second-order valence-corrected chi connectivity index (χ2v) is 8.64. The molecule has 0 spiro atoms. The molecule has 0 atom stereocenters. The van der Waals surface area contributed by atoms with E-state index in [1.807, 2.05) is 34.9 Å². The molecule has 30 heavy (non-hydrogen) atoms. The van der Waals surface area contributed by atoms with Gasteiger partial charge in [0.15, 0.2) is 11.5 Å². The van der Waals surface area contributed by atoms with Crippen LogP contribution >= 0.6 is 15.9 Å². The summed E-state index contributed by atoms with van der Waals surface area (Å²) in [5.74, 6) is 1.31. The first kappa shape index (κ1) is 19.2. The van der Waals surface area contributed by atoms with E-state index in [0.717, 1.165) is 41.2 Å². The Labute approximate surface area is 181 Å². The van der Waals surface area contributed by atoms with Crippen LogP contribution in [0.5, 0.6) is 11.5 Å². The number of benzene rings is 2. The number of anilines is 1. The minimum absolute atomic E-state index is 0.0131. The minimum Gasteiger partial charge on any atom is -0.486 e. The summed E-state index contributed by atoms with van der Waals surface area (Å²) >= 11 is 3.50. The molecule has 2 heterocycles. The van der Waals surface area contributed by atoms with Crippen LogP contribution in [0.15, 0.2) is 45.7 Å². The lowest BCUT2D eigenvalue weighted by molar-refractivity contribution is -0.121. The van der Waals surface area contributed by atoms with Crippen molar-refractivity contribution in [3.05, 3.63) is 51.4 Å². The van der Waals surface area contributed by atoms with E-state index >= 15 is 0 Å². The SMILES string of the molecule is O=c1[nH]c2c(Br)cccc2n1[C@H]1CC[C@@H](C(=O)Nc2ccc3c(c2)OCCO3)CC1. The normalized spacial score (nSPS) is 20.8. The Morgan fingerprint density at radius 2 is 1.83 bits per heavy atom. The highest BCUT2D eigenvalue weighted by Gasteiger charge is 2.29. The van der Waals surface area contributed by atoms with Gasteiger partial charge in [-0.15, -0.1) is 0 Å². The van der Waals surface area contributed by atoms with Gasteiger partial charge in [-0.1, -0.05) is 6.07 Å². The number of carbonyl (C=O) groups is 1. The first-order chi connectivity index (χ1) is 14.6. The predicted octanol–water partition coefficient (Wildman–Crippen LogP) is 4.23. The van der Waals surface area contributed by atoms with Crippen LogP contribution in [0.2, 0.25) is 0 Å². The topological polar surface area (TPSA) is 85.4 Å². The van der Waals surface area contributed by atoms with E-state index < -0.39 is 0 Å². The largest absolute Gasteiger partial charge is 0.486 e. The Balaban J connectivity index is 1.26. The number of rotatable bonds is 3. The third-order valence-electron chi connectivity index (χ3n) is 5.94. The summed E-state index contributed by atoms with van der Waals surface area (Å²) in [4.78, 5) is 28.3. The van der Waals surface area contributed by atoms with E-state index in [9.17, 15) is 9.59 Å². The predicted molar refractivity (Wildman–Crippen MR) is 117 cm³/mol. The fourth-order valence-electron chi connectivity index (χ4n) is 4.44. The van der Waals surface area contributed by atoms with E-state index in [1.54, 1.807) is 6.07 Å². The molecule has 0 saturated heterocycles. The second-order valence-electron chi connectivity index (χ2n) is 7.79. The molecule has 2 N–H and O–H groups in total. The van der Waals surface area contributed by atoms with Crippen molar-refractivity contribution in [1.82, 2.24) is 9.55 Å². The molecule has 2 aliphatic rings. The van der Waals surface area contributed by atoms with Crippen LogP contribution in [0.3, 0.4) is 0 Å². The molecule has 1 amide bonds. The molecule has 2 aromatic carbocycles. The number of aromatic nitrogens is 2. The van der Waals surface area contributed by atoms with Gasteiger partial charge in [0, 0.05) is 28.2 Å². The van der Waals surface area contributed by atoms with Gasteiger partial charge >= 0.3 is 5.69 Å². The van der Waals surface area contributed by atoms with Crippen LogP contribution in [0, 0.1) is 5.92 Å². The van der Waals surface area contributed by atoms with Gasteiger partial charge in [-0.2, -0.15) is 0 Å².